The summed E-state index contributed by atoms with van der Waals surface area (Å²) in [6.07, 6.45) is 3.44. The zero-order valence-electron chi connectivity index (χ0n) is 19.4. The van der Waals surface area contributed by atoms with Gasteiger partial charge in [-0.1, -0.05) is 32.9 Å². The average Bonchev–Trinajstić information content (AvgIpc) is 3.17. The number of aromatic amines is 1. The van der Waals surface area contributed by atoms with Gasteiger partial charge in [0.05, 0.1) is 6.54 Å². The molecule has 6 nitrogen and oxygen atoms in total. The minimum atomic E-state index is 0.0455. The van der Waals surface area contributed by atoms with Crippen molar-refractivity contribution in [1.29, 1.82) is 0 Å². The molecule has 0 saturated carbocycles. The number of fused-ring (bicyclic) bond motifs is 1. The zero-order valence-corrected chi connectivity index (χ0v) is 19.4. The molecule has 0 bridgehead atoms. The van der Waals surface area contributed by atoms with Gasteiger partial charge < -0.3 is 14.8 Å². The maximum atomic E-state index is 13.1. The van der Waals surface area contributed by atoms with Gasteiger partial charge in [-0.3, -0.25) is 14.5 Å². The molecule has 6 heteroatoms. The van der Waals surface area contributed by atoms with Gasteiger partial charge >= 0.3 is 0 Å². The minimum Gasteiger partial charge on any atom is -0.351 e. The molecular formula is C25H36N4O2. The van der Waals surface area contributed by atoms with E-state index in [-0.39, 0.29) is 17.2 Å². The lowest BCUT2D eigenvalue weighted by atomic mass is 9.87. The van der Waals surface area contributed by atoms with Gasteiger partial charge in [0.1, 0.15) is 5.69 Å². The Bertz CT molecular complexity index is 950. The molecule has 4 rings (SSSR count). The summed E-state index contributed by atoms with van der Waals surface area (Å²) in [6, 6.07) is 8.69. The van der Waals surface area contributed by atoms with E-state index in [9.17, 15) is 9.59 Å². The largest absolute Gasteiger partial charge is 0.351 e. The first-order valence-electron chi connectivity index (χ1n) is 11.7. The van der Waals surface area contributed by atoms with Crippen molar-refractivity contribution >= 4 is 22.7 Å². The smallest absolute Gasteiger partial charge is 0.270 e. The predicted octanol–water partition coefficient (Wildman–Crippen LogP) is 3.62. The lowest BCUT2D eigenvalue weighted by Crippen LogP contribution is -2.53. The quantitative estimate of drug-likeness (QED) is 0.819. The second-order valence-corrected chi connectivity index (χ2v) is 10.2. The van der Waals surface area contributed by atoms with E-state index < -0.39 is 0 Å². The normalized spacial score (nSPS) is 21.0. The van der Waals surface area contributed by atoms with E-state index in [1.165, 1.54) is 12.0 Å². The number of carbonyl (C=O) groups is 2. The zero-order chi connectivity index (χ0) is 22.2. The van der Waals surface area contributed by atoms with Gasteiger partial charge in [0.2, 0.25) is 5.91 Å². The van der Waals surface area contributed by atoms with Gasteiger partial charge in [-0.25, -0.2) is 0 Å². The number of rotatable bonds is 3. The lowest BCUT2D eigenvalue weighted by molar-refractivity contribution is -0.136. The molecule has 168 valence electrons. The Morgan fingerprint density at radius 2 is 1.77 bits per heavy atom. The fourth-order valence-electron chi connectivity index (χ4n) is 4.74. The number of nitrogens with one attached hydrogen (secondary N) is 1. The lowest BCUT2D eigenvalue weighted by Gasteiger charge is -2.38. The summed E-state index contributed by atoms with van der Waals surface area (Å²) in [5, 5.41) is 1.07. The molecule has 0 spiro atoms. The molecule has 2 aliphatic rings. The van der Waals surface area contributed by atoms with Gasteiger partial charge in [0, 0.05) is 49.7 Å². The predicted molar refractivity (Wildman–Crippen MR) is 124 cm³/mol. The molecule has 0 radical (unpaired) electrons. The number of hydrogen-bond acceptors (Lipinski definition) is 3. The maximum absolute atomic E-state index is 13.1. The second-order valence-electron chi connectivity index (χ2n) is 10.2. The third kappa shape index (κ3) is 4.79. The van der Waals surface area contributed by atoms with E-state index in [4.69, 9.17) is 0 Å². The number of piperidine rings is 1. The van der Waals surface area contributed by atoms with Crippen molar-refractivity contribution in [3.05, 3.63) is 35.5 Å². The van der Waals surface area contributed by atoms with Crippen molar-refractivity contribution in [3.63, 3.8) is 0 Å². The fraction of sp³-hybridized carbons (Fsp3) is 0.600. The van der Waals surface area contributed by atoms with Gasteiger partial charge in [-0.05, 0) is 49.3 Å². The molecule has 2 aromatic rings. The second kappa shape index (κ2) is 8.65. The summed E-state index contributed by atoms with van der Waals surface area (Å²) < 4.78 is 0. The highest BCUT2D eigenvalue weighted by Crippen LogP contribution is 2.26. The van der Waals surface area contributed by atoms with E-state index in [2.05, 4.69) is 55.8 Å². The van der Waals surface area contributed by atoms with Crippen molar-refractivity contribution in [2.24, 2.45) is 0 Å². The molecule has 31 heavy (non-hydrogen) atoms. The molecule has 1 atom stereocenters. The fourth-order valence-corrected chi connectivity index (χ4v) is 4.74. The number of nitrogens with zero attached hydrogens (tertiary/aromatic N) is 3. The Morgan fingerprint density at radius 3 is 2.45 bits per heavy atom. The summed E-state index contributed by atoms with van der Waals surface area (Å²) in [4.78, 5) is 35.2. The summed E-state index contributed by atoms with van der Waals surface area (Å²) in [6.45, 7) is 12.9. The Hall–Kier alpha value is -2.34. The van der Waals surface area contributed by atoms with Crippen molar-refractivity contribution < 1.29 is 9.59 Å². The van der Waals surface area contributed by atoms with Gasteiger partial charge in [0.25, 0.3) is 5.91 Å². The first kappa shape index (κ1) is 21.9. The van der Waals surface area contributed by atoms with E-state index in [1.54, 1.807) is 0 Å². The van der Waals surface area contributed by atoms with E-state index in [1.807, 2.05) is 15.9 Å². The number of hydrogen-bond donors (Lipinski definition) is 1. The highest BCUT2D eigenvalue weighted by Gasteiger charge is 2.28. The first-order valence-corrected chi connectivity index (χ1v) is 11.7. The Balaban J connectivity index is 1.35. The van der Waals surface area contributed by atoms with Crippen LogP contribution in [0.4, 0.5) is 0 Å². The molecule has 1 aromatic heterocycles. The van der Waals surface area contributed by atoms with Crippen LogP contribution in [0.2, 0.25) is 0 Å². The van der Waals surface area contributed by atoms with Crippen LogP contribution in [-0.4, -0.2) is 76.8 Å². The van der Waals surface area contributed by atoms with E-state index in [0.29, 0.717) is 31.4 Å². The van der Waals surface area contributed by atoms with Gasteiger partial charge in [0.15, 0.2) is 0 Å². The van der Waals surface area contributed by atoms with E-state index in [0.717, 1.165) is 43.4 Å². The third-order valence-corrected chi connectivity index (χ3v) is 6.86. The number of amides is 2. The number of aromatic nitrogens is 1. The molecule has 2 amide bonds. The van der Waals surface area contributed by atoms with Crippen molar-refractivity contribution in [3.8, 4) is 0 Å². The number of carbonyl (C=O) groups excluding carboxylic acids is 2. The molecule has 3 heterocycles. The molecule has 2 aliphatic heterocycles. The number of H-pyrrole nitrogens is 1. The van der Waals surface area contributed by atoms with Crippen LogP contribution in [0.1, 0.15) is 63.0 Å². The van der Waals surface area contributed by atoms with E-state index >= 15 is 0 Å². The standard InChI is InChI=1S/C25H36N4O2/c1-18-7-5-6-10-29(18)23(30)17-27-11-13-28(14-12-27)24(31)22-15-19-8-9-20(25(2,3)4)16-21(19)26-22/h8-9,15-16,18,26H,5-7,10-14,17H2,1-4H3. The molecule has 0 aliphatic carbocycles. The highest BCUT2D eigenvalue weighted by molar-refractivity contribution is 5.98. The Kier molecular flexibility index (Phi) is 6.11. The maximum Gasteiger partial charge on any atom is 0.270 e. The molecule has 1 N–H and O–H groups in total. The number of benzene rings is 1. The molecule has 2 saturated heterocycles. The Labute approximate surface area is 185 Å². The number of piperazine rings is 1. The van der Waals surface area contributed by atoms with Crippen LogP contribution in [0, 0.1) is 0 Å². The Morgan fingerprint density at radius 1 is 1.03 bits per heavy atom. The summed E-state index contributed by atoms with van der Waals surface area (Å²) in [5.41, 5.74) is 2.98. The topological polar surface area (TPSA) is 59.7 Å². The van der Waals surface area contributed by atoms with Gasteiger partial charge in [-0.15, -0.1) is 0 Å². The minimum absolute atomic E-state index is 0.0455. The monoisotopic (exact) mass is 424 g/mol. The van der Waals surface area contributed by atoms with Crippen molar-refractivity contribution in [1.82, 2.24) is 19.7 Å². The van der Waals surface area contributed by atoms with Crippen LogP contribution < -0.4 is 0 Å². The van der Waals surface area contributed by atoms with Gasteiger partial charge in [-0.2, -0.15) is 0 Å². The van der Waals surface area contributed by atoms with Crippen LogP contribution in [0.15, 0.2) is 24.3 Å². The van der Waals surface area contributed by atoms with Crippen molar-refractivity contribution in [2.75, 3.05) is 39.3 Å². The van der Waals surface area contributed by atoms with Crippen LogP contribution in [0.25, 0.3) is 10.9 Å². The molecule has 1 unspecified atom stereocenters. The molecule has 1 aromatic carbocycles. The number of likely N-dealkylation sites (tertiary alicyclic amines) is 1. The first-order chi connectivity index (χ1) is 14.7. The third-order valence-electron chi connectivity index (χ3n) is 6.86. The average molecular weight is 425 g/mol. The molecule has 2 fully saturated rings. The summed E-state index contributed by atoms with van der Waals surface area (Å²) >= 11 is 0. The van der Waals surface area contributed by atoms with Crippen LogP contribution in [-0.2, 0) is 10.2 Å². The van der Waals surface area contributed by atoms with Crippen molar-refractivity contribution in [2.45, 2.75) is 58.4 Å². The van der Waals surface area contributed by atoms with Crippen LogP contribution in [0.5, 0.6) is 0 Å². The van der Waals surface area contributed by atoms with Crippen LogP contribution in [0.3, 0.4) is 0 Å². The van der Waals surface area contributed by atoms with Crippen LogP contribution >= 0.6 is 0 Å². The summed E-state index contributed by atoms with van der Waals surface area (Å²) in [7, 11) is 0. The summed E-state index contributed by atoms with van der Waals surface area (Å²) in [5.74, 6) is 0.279. The SMILES string of the molecule is CC1CCCCN1C(=O)CN1CCN(C(=O)c2cc3ccc(C(C)(C)C)cc3[nH]2)CC1. The highest BCUT2D eigenvalue weighted by atomic mass is 16.2. The molecular weight excluding hydrogens is 388 g/mol.